The number of hydrogen-bond acceptors (Lipinski definition) is 5. The Morgan fingerprint density at radius 1 is 0.966 bits per heavy atom. The standard InChI is InChI=1S/C20H27FN2O5S/c21-17-3-1-2-4-18(17)29(25,26)23-11-7-15(8-12-23)19(24)22-9-5-16(6-10-22)20-27-13-14-28-20/h1-4,15-16,20H,5-14H2. The molecule has 0 bridgehead atoms. The monoisotopic (exact) mass is 426 g/mol. The number of sulfonamides is 1. The van der Waals surface area contributed by atoms with E-state index in [0.717, 1.165) is 18.9 Å². The number of rotatable bonds is 4. The van der Waals surface area contributed by atoms with Crippen LogP contribution < -0.4 is 0 Å². The summed E-state index contributed by atoms with van der Waals surface area (Å²) in [6.07, 6.45) is 2.50. The molecule has 0 aromatic heterocycles. The molecule has 7 nitrogen and oxygen atoms in total. The fourth-order valence-electron chi connectivity index (χ4n) is 4.44. The summed E-state index contributed by atoms with van der Waals surface area (Å²) in [5, 5.41) is 0. The van der Waals surface area contributed by atoms with Crippen molar-refractivity contribution in [3.05, 3.63) is 30.1 Å². The topological polar surface area (TPSA) is 76.2 Å². The predicted molar refractivity (Wildman–Crippen MR) is 103 cm³/mol. The first kappa shape index (κ1) is 20.7. The summed E-state index contributed by atoms with van der Waals surface area (Å²) in [4.78, 5) is 14.5. The minimum absolute atomic E-state index is 0.0969. The number of ether oxygens (including phenoxy) is 2. The highest BCUT2D eigenvalue weighted by Crippen LogP contribution is 2.30. The Hall–Kier alpha value is -1.55. The third-order valence-corrected chi connectivity index (χ3v) is 8.07. The highest BCUT2D eigenvalue weighted by Gasteiger charge is 2.37. The second-order valence-corrected chi connectivity index (χ2v) is 9.79. The lowest BCUT2D eigenvalue weighted by Gasteiger charge is -2.37. The van der Waals surface area contributed by atoms with E-state index in [1.165, 1.54) is 22.5 Å². The van der Waals surface area contributed by atoms with Gasteiger partial charge in [-0.05, 0) is 37.8 Å². The van der Waals surface area contributed by atoms with Crippen LogP contribution in [0.25, 0.3) is 0 Å². The van der Waals surface area contributed by atoms with Gasteiger partial charge in [-0.1, -0.05) is 12.1 Å². The normalized spacial score (nSPS) is 23.6. The van der Waals surface area contributed by atoms with Crippen LogP contribution in [-0.2, 0) is 24.3 Å². The van der Waals surface area contributed by atoms with Crippen LogP contribution in [-0.4, -0.2) is 69.2 Å². The second-order valence-electron chi connectivity index (χ2n) is 7.88. The molecule has 0 atom stereocenters. The van der Waals surface area contributed by atoms with Crippen molar-refractivity contribution in [2.45, 2.75) is 36.9 Å². The Bertz CT molecular complexity index is 827. The van der Waals surface area contributed by atoms with Crippen LogP contribution in [0.1, 0.15) is 25.7 Å². The van der Waals surface area contributed by atoms with Crippen molar-refractivity contribution >= 4 is 15.9 Å². The molecule has 160 valence electrons. The summed E-state index contributed by atoms with van der Waals surface area (Å²) in [5.74, 6) is -0.504. The van der Waals surface area contributed by atoms with Crippen molar-refractivity contribution in [3.8, 4) is 0 Å². The van der Waals surface area contributed by atoms with E-state index in [-0.39, 0.29) is 36.1 Å². The lowest BCUT2D eigenvalue weighted by atomic mass is 9.92. The number of carbonyl (C=O) groups is 1. The predicted octanol–water partition coefficient (Wildman–Crippen LogP) is 1.84. The Labute approximate surface area is 170 Å². The van der Waals surface area contributed by atoms with Gasteiger partial charge in [0.1, 0.15) is 10.7 Å². The first-order valence-corrected chi connectivity index (χ1v) is 11.7. The molecule has 0 aliphatic carbocycles. The molecule has 1 amide bonds. The maximum Gasteiger partial charge on any atom is 0.245 e. The minimum atomic E-state index is -3.88. The zero-order valence-electron chi connectivity index (χ0n) is 16.3. The molecule has 0 saturated carbocycles. The van der Waals surface area contributed by atoms with Gasteiger partial charge in [0.05, 0.1) is 13.2 Å². The van der Waals surface area contributed by atoms with Crippen LogP contribution in [0, 0.1) is 17.7 Å². The lowest BCUT2D eigenvalue weighted by molar-refractivity contribution is -0.142. The molecule has 3 saturated heterocycles. The first-order valence-electron chi connectivity index (χ1n) is 10.2. The van der Waals surface area contributed by atoms with Crippen LogP contribution in [0.3, 0.4) is 0 Å². The Balaban J connectivity index is 1.30. The van der Waals surface area contributed by atoms with Crippen molar-refractivity contribution in [2.75, 3.05) is 39.4 Å². The largest absolute Gasteiger partial charge is 0.350 e. The molecule has 0 unspecified atom stereocenters. The van der Waals surface area contributed by atoms with Crippen LogP contribution in [0.2, 0.25) is 0 Å². The third-order valence-electron chi connectivity index (χ3n) is 6.14. The fourth-order valence-corrected chi connectivity index (χ4v) is 5.97. The average Bonchev–Trinajstić information content (AvgIpc) is 3.28. The summed E-state index contributed by atoms with van der Waals surface area (Å²) < 4.78 is 51.8. The van der Waals surface area contributed by atoms with Gasteiger partial charge in [-0.2, -0.15) is 4.31 Å². The van der Waals surface area contributed by atoms with Crippen LogP contribution in [0.4, 0.5) is 4.39 Å². The average molecular weight is 427 g/mol. The first-order chi connectivity index (χ1) is 14.0. The van der Waals surface area contributed by atoms with Crippen LogP contribution >= 0.6 is 0 Å². The van der Waals surface area contributed by atoms with Gasteiger partial charge in [0, 0.05) is 38.0 Å². The number of likely N-dealkylation sites (tertiary alicyclic amines) is 1. The van der Waals surface area contributed by atoms with Crippen molar-refractivity contribution in [3.63, 3.8) is 0 Å². The van der Waals surface area contributed by atoms with E-state index in [1.807, 2.05) is 4.90 Å². The summed E-state index contributed by atoms with van der Waals surface area (Å²) >= 11 is 0. The molecular formula is C20H27FN2O5S. The van der Waals surface area contributed by atoms with E-state index in [4.69, 9.17) is 9.47 Å². The van der Waals surface area contributed by atoms with Gasteiger partial charge in [0.25, 0.3) is 0 Å². The summed E-state index contributed by atoms with van der Waals surface area (Å²) in [7, 11) is -3.88. The molecule has 0 N–H and O–H groups in total. The molecule has 29 heavy (non-hydrogen) atoms. The maximum absolute atomic E-state index is 13.9. The van der Waals surface area contributed by atoms with E-state index >= 15 is 0 Å². The van der Waals surface area contributed by atoms with Crippen molar-refractivity contribution in [2.24, 2.45) is 11.8 Å². The zero-order chi connectivity index (χ0) is 20.4. The molecule has 3 aliphatic heterocycles. The second kappa shape index (κ2) is 8.67. The van der Waals surface area contributed by atoms with E-state index < -0.39 is 15.8 Å². The third kappa shape index (κ3) is 4.33. The molecule has 1 aromatic carbocycles. The molecule has 3 heterocycles. The highest BCUT2D eigenvalue weighted by molar-refractivity contribution is 7.89. The number of piperidine rings is 2. The van der Waals surface area contributed by atoms with Gasteiger partial charge in [-0.25, -0.2) is 12.8 Å². The number of nitrogens with zero attached hydrogens (tertiary/aromatic N) is 2. The number of halogens is 1. The number of carbonyl (C=O) groups excluding carboxylic acids is 1. The molecule has 0 spiro atoms. The molecule has 1 aromatic rings. The van der Waals surface area contributed by atoms with E-state index in [2.05, 4.69) is 0 Å². The van der Waals surface area contributed by atoms with Gasteiger partial charge in [-0.15, -0.1) is 0 Å². The molecule has 0 radical (unpaired) electrons. The molecular weight excluding hydrogens is 399 g/mol. The molecule has 4 rings (SSSR count). The Morgan fingerprint density at radius 3 is 2.21 bits per heavy atom. The number of hydrogen-bond donors (Lipinski definition) is 0. The van der Waals surface area contributed by atoms with Gasteiger partial charge in [0.15, 0.2) is 6.29 Å². The van der Waals surface area contributed by atoms with Gasteiger partial charge in [-0.3, -0.25) is 4.79 Å². The van der Waals surface area contributed by atoms with Crippen molar-refractivity contribution in [1.82, 2.24) is 9.21 Å². The Morgan fingerprint density at radius 2 is 1.59 bits per heavy atom. The summed E-state index contributed by atoms with van der Waals surface area (Å²) in [6, 6.07) is 5.41. The van der Waals surface area contributed by atoms with E-state index in [1.54, 1.807) is 0 Å². The quantitative estimate of drug-likeness (QED) is 0.734. The lowest BCUT2D eigenvalue weighted by Crippen LogP contribution is -2.47. The number of amides is 1. The van der Waals surface area contributed by atoms with Crippen LogP contribution in [0.15, 0.2) is 29.2 Å². The minimum Gasteiger partial charge on any atom is -0.350 e. The van der Waals surface area contributed by atoms with Gasteiger partial charge < -0.3 is 14.4 Å². The van der Waals surface area contributed by atoms with Crippen LogP contribution in [0.5, 0.6) is 0 Å². The molecule has 3 aliphatic rings. The Kier molecular flexibility index (Phi) is 6.19. The van der Waals surface area contributed by atoms with Gasteiger partial charge in [0.2, 0.25) is 15.9 Å². The van der Waals surface area contributed by atoms with E-state index in [9.17, 15) is 17.6 Å². The maximum atomic E-state index is 13.9. The van der Waals surface area contributed by atoms with Crippen molar-refractivity contribution in [1.29, 1.82) is 0 Å². The zero-order valence-corrected chi connectivity index (χ0v) is 17.2. The smallest absolute Gasteiger partial charge is 0.245 e. The fraction of sp³-hybridized carbons (Fsp3) is 0.650. The number of benzene rings is 1. The molecule has 3 fully saturated rings. The van der Waals surface area contributed by atoms with Gasteiger partial charge >= 0.3 is 0 Å². The van der Waals surface area contributed by atoms with Crippen molar-refractivity contribution < 1.29 is 27.1 Å². The SMILES string of the molecule is O=C(C1CCN(S(=O)(=O)c2ccccc2F)CC1)N1CCC(C2OCCO2)CC1. The summed E-state index contributed by atoms with van der Waals surface area (Å²) in [5.41, 5.74) is 0. The van der Waals surface area contributed by atoms with E-state index in [0.29, 0.717) is 45.1 Å². The molecule has 9 heteroatoms. The highest BCUT2D eigenvalue weighted by atomic mass is 32.2. The summed E-state index contributed by atoms with van der Waals surface area (Å²) in [6.45, 7) is 3.10.